The summed E-state index contributed by atoms with van der Waals surface area (Å²) in [4.78, 5) is 30.1. The summed E-state index contributed by atoms with van der Waals surface area (Å²) < 4.78 is 1.30. The van der Waals surface area contributed by atoms with Gasteiger partial charge in [0.15, 0.2) is 0 Å². The maximum absolute atomic E-state index is 12.5. The molecule has 0 radical (unpaired) electrons. The maximum Gasteiger partial charge on any atom is 0.261 e. The average molecular weight is 378 g/mol. The fourth-order valence-corrected chi connectivity index (χ4v) is 3.62. The summed E-state index contributed by atoms with van der Waals surface area (Å²) in [6, 6.07) is 16.6. The number of aromatic nitrogens is 2. The Balaban J connectivity index is 1.76. The first kappa shape index (κ1) is 18.7. The number of para-hydroxylation sites is 2. The van der Waals surface area contributed by atoms with Gasteiger partial charge in [-0.1, -0.05) is 31.2 Å². The number of hydrogen-bond donors (Lipinski definition) is 1. The highest BCUT2D eigenvalue weighted by atomic mass is 32.2. The molecule has 0 saturated carbocycles. The normalized spacial score (nSPS) is 11.7. The summed E-state index contributed by atoms with van der Waals surface area (Å²) in [5.41, 5.74) is 1.02. The molecule has 1 aromatic heterocycles. The standard InChI is InChI=1S/C20H18N4O2S/c1-14(10-11-21)27-18-9-5-4-8-17(18)23-19(25)12-24-13-22-16-7-3-2-6-15(16)20(24)26/h2-9,13-14H,10,12H2,1H3,(H,23,25). The number of carbonyl (C=O) groups is 1. The lowest BCUT2D eigenvalue weighted by molar-refractivity contribution is -0.116. The van der Waals surface area contributed by atoms with E-state index in [0.717, 1.165) is 4.90 Å². The Morgan fingerprint density at radius 2 is 2.00 bits per heavy atom. The van der Waals surface area contributed by atoms with Crippen LogP contribution in [0.25, 0.3) is 10.9 Å². The van der Waals surface area contributed by atoms with Gasteiger partial charge in [0, 0.05) is 16.6 Å². The van der Waals surface area contributed by atoms with Crippen LogP contribution in [0.4, 0.5) is 5.69 Å². The number of thioether (sulfide) groups is 1. The third-order valence-electron chi connectivity index (χ3n) is 3.91. The van der Waals surface area contributed by atoms with Gasteiger partial charge in [0.05, 0.1) is 29.0 Å². The highest BCUT2D eigenvalue weighted by Gasteiger charge is 2.12. The van der Waals surface area contributed by atoms with E-state index in [1.807, 2.05) is 31.2 Å². The zero-order chi connectivity index (χ0) is 19.2. The Bertz CT molecular complexity index is 1070. The molecule has 0 aliphatic heterocycles. The predicted octanol–water partition coefficient (Wildman–Crippen LogP) is 3.43. The van der Waals surface area contributed by atoms with E-state index in [-0.39, 0.29) is 23.3 Å². The van der Waals surface area contributed by atoms with Gasteiger partial charge >= 0.3 is 0 Å². The second-order valence-electron chi connectivity index (χ2n) is 6.03. The summed E-state index contributed by atoms with van der Waals surface area (Å²) in [7, 11) is 0. The number of hydrogen-bond acceptors (Lipinski definition) is 5. The third kappa shape index (κ3) is 4.54. The van der Waals surface area contributed by atoms with Crippen molar-refractivity contribution in [1.29, 1.82) is 5.26 Å². The van der Waals surface area contributed by atoms with Crippen LogP contribution in [0.1, 0.15) is 13.3 Å². The van der Waals surface area contributed by atoms with Gasteiger partial charge in [0.25, 0.3) is 5.56 Å². The predicted molar refractivity (Wildman–Crippen MR) is 107 cm³/mol. The minimum atomic E-state index is -0.310. The molecular weight excluding hydrogens is 360 g/mol. The molecule has 0 aliphatic carbocycles. The number of amides is 1. The van der Waals surface area contributed by atoms with Crippen LogP contribution in [-0.2, 0) is 11.3 Å². The Kier molecular flexibility index (Phi) is 5.89. The maximum atomic E-state index is 12.5. The second-order valence-corrected chi connectivity index (χ2v) is 7.51. The van der Waals surface area contributed by atoms with Crippen LogP contribution < -0.4 is 10.9 Å². The van der Waals surface area contributed by atoms with E-state index in [1.165, 1.54) is 22.7 Å². The molecule has 1 unspecified atom stereocenters. The molecule has 136 valence electrons. The highest BCUT2D eigenvalue weighted by molar-refractivity contribution is 8.00. The van der Waals surface area contributed by atoms with E-state index in [0.29, 0.717) is 23.0 Å². The number of fused-ring (bicyclic) bond motifs is 1. The van der Waals surface area contributed by atoms with E-state index in [2.05, 4.69) is 16.4 Å². The third-order valence-corrected chi connectivity index (χ3v) is 5.09. The molecule has 6 nitrogen and oxygen atoms in total. The van der Waals surface area contributed by atoms with Crippen molar-refractivity contribution < 1.29 is 4.79 Å². The SMILES string of the molecule is CC(CC#N)Sc1ccccc1NC(=O)Cn1cnc2ccccc2c1=O. The summed E-state index contributed by atoms with van der Waals surface area (Å²) >= 11 is 1.53. The average Bonchev–Trinajstić information content (AvgIpc) is 2.66. The molecule has 1 heterocycles. The van der Waals surface area contributed by atoms with Gasteiger partial charge in [-0.2, -0.15) is 5.26 Å². The Morgan fingerprint density at radius 1 is 1.26 bits per heavy atom. The van der Waals surface area contributed by atoms with Crippen LogP contribution in [0.15, 0.2) is 64.5 Å². The smallest absolute Gasteiger partial charge is 0.261 e. The molecule has 0 aliphatic rings. The first-order chi connectivity index (χ1) is 13.1. The molecule has 0 saturated heterocycles. The molecule has 2 aromatic carbocycles. The minimum absolute atomic E-state index is 0.111. The van der Waals surface area contributed by atoms with Gasteiger partial charge in [0.2, 0.25) is 5.91 Å². The number of nitriles is 1. The van der Waals surface area contributed by atoms with E-state index in [4.69, 9.17) is 5.26 Å². The number of nitrogens with one attached hydrogen (secondary N) is 1. The second kappa shape index (κ2) is 8.52. The van der Waals surface area contributed by atoms with Gasteiger partial charge in [0.1, 0.15) is 6.54 Å². The molecule has 27 heavy (non-hydrogen) atoms. The monoisotopic (exact) mass is 378 g/mol. The van der Waals surface area contributed by atoms with Gasteiger partial charge < -0.3 is 5.32 Å². The van der Waals surface area contributed by atoms with E-state index in [1.54, 1.807) is 24.3 Å². The number of nitrogens with zero attached hydrogens (tertiary/aromatic N) is 3. The van der Waals surface area contributed by atoms with Crippen molar-refractivity contribution in [1.82, 2.24) is 9.55 Å². The van der Waals surface area contributed by atoms with Crippen LogP contribution in [0, 0.1) is 11.3 Å². The van der Waals surface area contributed by atoms with Gasteiger partial charge in [-0.15, -0.1) is 11.8 Å². The molecule has 0 fully saturated rings. The lowest BCUT2D eigenvalue weighted by Crippen LogP contribution is -2.28. The number of anilines is 1. The first-order valence-electron chi connectivity index (χ1n) is 8.45. The quantitative estimate of drug-likeness (QED) is 0.664. The van der Waals surface area contributed by atoms with Crippen molar-refractivity contribution in [2.24, 2.45) is 0 Å². The van der Waals surface area contributed by atoms with Crippen molar-refractivity contribution >= 4 is 34.3 Å². The summed E-state index contributed by atoms with van der Waals surface area (Å²) in [5, 5.41) is 12.3. The van der Waals surface area contributed by atoms with Gasteiger partial charge in [-0.25, -0.2) is 4.98 Å². The molecular formula is C20H18N4O2S. The van der Waals surface area contributed by atoms with Crippen molar-refractivity contribution in [3.05, 3.63) is 65.2 Å². The highest BCUT2D eigenvalue weighted by Crippen LogP contribution is 2.31. The Morgan fingerprint density at radius 3 is 2.81 bits per heavy atom. The molecule has 0 bridgehead atoms. The molecule has 7 heteroatoms. The number of rotatable bonds is 6. The van der Waals surface area contributed by atoms with Crippen molar-refractivity contribution in [3.8, 4) is 6.07 Å². The van der Waals surface area contributed by atoms with Crippen LogP contribution in [0.2, 0.25) is 0 Å². The van der Waals surface area contributed by atoms with Crippen LogP contribution in [0.5, 0.6) is 0 Å². The lowest BCUT2D eigenvalue weighted by atomic mass is 10.2. The molecule has 1 atom stereocenters. The van der Waals surface area contributed by atoms with Crippen LogP contribution in [-0.4, -0.2) is 20.7 Å². The number of benzene rings is 2. The largest absolute Gasteiger partial charge is 0.324 e. The summed E-state index contributed by atoms with van der Waals surface area (Å²) in [6.45, 7) is 1.84. The fourth-order valence-electron chi connectivity index (χ4n) is 2.62. The molecule has 3 aromatic rings. The fraction of sp³-hybridized carbons (Fsp3) is 0.200. The molecule has 0 spiro atoms. The van der Waals surface area contributed by atoms with E-state index >= 15 is 0 Å². The summed E-state index contributed by atoms with van der Waals surface area (Å²) in [5.74, 6) is -0.310. The molecule has 1 amide bonds. The lowest BCUT2D eigenvalue weighted by Gasteiger charge is -2.13. The Labute approximate surface area is 160 Å². The topological polar surface area (TPSA) is 87.8 Å². The summed E-state index contributed by atoms with van der Waals surface area (Å²) in [6.07, 6.45) is 1.81. The molecule has 3 rings (SSSR count). The Hall–Kier alpha value is -3.11. The van der Waals surface area contributed by atoms with Crippen LogP contribution in [0.3, 0.4) is 0 Å². The van der Waals surface area contributed by atoms with Gasteiger partial charge in [-0.3, -0.25) is 14.2 Å². The first-order valence-corrected chi connectivity index (χ1v) is 9.33. The van der Waals surface area contributed by atoms with Gasteiger partial charge in [-0.05, 0) is 24.3 Å². The zero-order valence-corrected chi connectivity index (χ0v) is 15.6. The van der Waals surface area contributed by atoms with Crippen LogP contribution >= 0.6 is 11.8 Å². The van der Waals surface area contributed by atoms with Crippen molar-refractivity contribution in [2.45, 2.75) is 30.0 Å². The zero-order valence-electron chi connectivity index (χ0n) is 14.8. The van der Waals surface area contributed by atoms with Crippen molar-refractivity contribution in [3.63, 3.8) is 0 Å². The van der Waals surface area contributed by atoms with E-state index < -0.39 is 0 Å². The minimum Gasteiger partial charge on any atom is -0.324 e. The van der Waals surface area contributed by atoms with Crippen molar-refractivity contribution in [2.75, 3.05) is 5.32 Å². The van der Waals surface area contributed by atoms with E-state index in [9.17, 15) is 9.59 Å². The number of carbonyl (C=O) groups excluding carboxylic acids is 1. The molecule has 1 N–H and O–H groups in total.